The molecular weight excluding hydrogens is 212 g/mol. The van der Waals surface area contributed by atoms with Crippen molar-refractivity contribution < 1.29 is 14.0 Å². The number of benzene rings is 1. The van der Waals surface area contributed by atoms with Crippen molar-refractivity contribution in [3.8, 4) is 0 Å². The van der Waals surface area contributed by atoms with Gasteiger partial charge in [0.1, 0.15) is 0 Å². The first-order valence-electron chi connectivity index (χ1n) is 3.69. The van der Waals surface area contributed by atoms with E-state index in [0.29, 0.717) is 5.69 Å². The maximum absolute atomic E-state index is 10.3. The quantitative estimate of drug-likeness (QED) is 0.357. The molecule has 6 heteroatoms. The van der Waals surface area contributed by atoms with E-state index in [1.54, 1.807) is 12.1 Å². The van der Waals surface area contributed by atoms with Crippen molar-refractivity contribution in [1.82, 2.24) is 0 Å². The molecule has 14 heavy (non-hydrogen) atoms. The van der Waals surface area contributed by atoms with E-state index in [9.17, 15) is 4.57 Å². The minimum absolute atomic E-state index is 0. The molecule has 0 bridgehead atoms. The summed E-state index contributed by atoms with van der Waals surface area (Å²) in [5.74, 6) is 0.192. The molecule has 1 aromatic rings. The van der Waals surface area contributed by atoms with Gasteiger partial charge in [-0.2, -0.15) is 0 Å². The van der Waals surface area contributed by atoms with E-state index in [0.717, 1.165) is 0 Å². The summed E-state index contributed by atoms with van der Waals surface area (Å²) in [5.41, 5.74) is 0.697. The fourth-order valence-corrected chi connectivity index (χ4v) is 1.13. The van der Waals surface area contributed by atoms with Gasteiger partial charge in [0.25, 0.3) is 0 Å². The second kappa shape index (κ2) is 7.21. The fraction of sp³-hybridized carbons (Fsp3) is 0.125. The van der Waals surface area contributed by atoms with Crippen molar-refractivity contribution in [2.45, 2.75) is 6.92 Å². The molecule has 0 spiro atoms. The SMILES string of the molecule is CC(=Nc1ccccc1)O[PH](=O)O.[NaH]. The number of aliphatic imine (C=N–C) groups is 1. The summed E-state index contributed by atoms with van der Waals surface area (Å²) in [7, 11) is -2.93. The van der Waals surface area contributed by atoms with E-state index in [2.05, 4.69) is 9.52 Å². The van der Waals surface area contributed by atoms with Crippen molar-refractivity contribution in [3.63, 3.8) is 0 Å². The molecular formula is C8H11NNaO3P. The Labute approximate surface area is 105 Å². The Morgan fingerprint density at radius 3 is 2.50 bits per heavy atom. The van der Waals surface area contributed by atoms with E-state index >= 15 is 0 Å². The van der Waals surface area contributed by atoms with Gasteiger partial charge in [-0.1, -0.05) is 18.2 Å². The molecule has 1 aromatic carbocycles. The second-order valence-electron chi connectivity index (χ2n) is 2.33. The molecule has 0 fully saturated rings. The summed E-state index contributed by atoms with van der Waals surface area (Å²) in [5, 5.41) is 0. The van der Waals surface area contributed by atoms with E-state index < -0.39 is 8.25 Å². The number of hydrogen-bond acceptors (Lipinski definition) is 3. The molecule has 0 amide bonds. The van der Waals surface area contributed by atoms with Gasteiger partial charge in [0, 0.05) is 6.92 Å². The monoisotopic (exact) mass is 223 g/mol. The van der Waals surface area contributed by atoms with Crippen LogP contribution in [0.5, 0.6) is 0 Å². The molecule has 0 aliphatic rings. The predicted octanol–water partition coefficient (Wildman–Crippen LogP) is 1.49. The van der Waals surface area contributed by atoms with Crippen molar-refractivity contribution in [2.24, 2.45) is 4.99 Å². The summed E-state index contributed by atoms with van der Waals surface area (Å²) < 4.78 is 14.8. The number of hydrogen-bond donors (Lipinski definition) is 1. The van der Waals surface area contributed by atoms with E-state index in [4.69, 9.17) is 4.89 Å². The van der Waals surface area contributed by atoms with Crippen LogP contribution in [0.3, 0.4) is 0 Å². The van der Waals surface area contributed by atoms with Crippen LogP contribution in [0, 0.1) is 0 Å². The van der Waals surface area contributed by atoms with Gasteiger partial charge in [0.05, 0.1) is 5.69 Å². The van der Waals surface area contributed by atoms with Crippen molar-refractivity contribution in [2.75, 3.05) is 0 Å². The Morgan fingerprint density at radius 2 is 2.00 bits per heavy atom. The molecule has 1 atom stereocenters. The van der Waals surface area contributed by atoms with Crippen LogP contribution in [-0.2, 0) is 9.09 Å². The number of para-hydroxylation sites is 1. The van der Waals surface area contributed by atoms with Gasteiger partial charge in [-0.25, -0.2) is 9.56 Å². The Bertz CT molecular complexity index is 329. The molecule has 1 unspecified atom stereocenters. The third-order valence-electron chi connectivity index (χ3n) is 1.28. The van der Waals surface area contributed by atoms with Crippen LogP contribution >= 0.6 is 8.25 Å². The fourth-order valence-electron chi connectivity index (χ4n) is 0.834. The first kappa shape index (κ1) is 13.9. The maximum atomic E-state index is 10.3. The Morgan fingerprint density at radius 1 is 1.43 bits per heavy atom. The number of nitrogens with zero attached hydrogens (tertiary/aromatic N) is 1. The van der Waals surface area contributed by atoms with Crippen LogP contribution in [0.4, 0.5) is 5.69 Å². The zero-order valence-electron chi connectivity index (χ0n) is 7.10. The van der Waals surface area contributed by atoms with Crippen molar-refractivity contribution in [3.05, 3.63) is 30.3 Å². The summed E-state index contributed by atoms with van der Waals surface area (Å²) >= 11 is 0. The van der Waals surface area contributed by atoms with Crippen LogP contribution in [0.25, 0.3) is 0 Å². The molecule has 0 saturated heterocycles. The van der Waals surface area contributed by atoms with E-state index in [1.807, 2.05) is 18.2 Å². The summed E-state index contributed by atoms with van der Waals surface area (Å²) in [4.78, 5) is 12.4. The van der Waals surface area contributed by atoms with Gasteiger partial charge in [0.15, 0.2) is 5.90 Å². The standard InChI is InChI=1S/C8H10NO3P.Na.H/c1-7(12-13(10)11)9-8-5-3-2-4-6-8;;/h2-6,13H,1H3,(H,10,11);;. The molecule has 0 aromatic heterocycles. The van der Waals surface area contributed by atoms with E-state index in [-0.39, 0.29) is 35.5 Å². The molecule has 1 N–H and O–H groups in total. The molecule has 0 radical (unpaired) electrons. The Kier molecular flexibility index (Phi) is 7.15. The van der Waals surface area contributed by atoms with Gasteiger partial charge in [0.2, 0.25) is 0 Å². The molecule has 4 nitrogen and oxygen atoms in total. The third-order valence-corrected chi connectivity index (χ3v) is 1.75. The minimum atomic E-state index is -2.93. The van der Waals surface area contributed by atoms with Crippen LogP contribution in [0.2, 0.25) is 0 Å². The molecule has 0 saturated carbocycles. The average molecular weight is 223 g/mol. The molecule has 72 valence electrons. The number of rotatable bonds is 2. The normalized spacial score (nSPS) is 12.9. The van der Waals surface area contributed by atoms with Gasteiger partial charge < -0.3 is 9.42 Å². The molecule has 0 aliphatic carbocycles. The average Bonchev–Trinajstić information content (AvgIpc) is 2.04. The molecule has 0 heterocycles. The second-order valence-corrected chi connectivity index (χ2v) is 3.07. The third kappa shape index (κ3) is 5.58. The van der Waals surface area contributed by atoms with Gasteiger partial charge in [-0.05, 0) is 12.1 Å². The van der Waals surface area contributed by atoms with Gasteiger partial charge >= 0.3 is 37.8 Å². The van der Waals surface area contributed by atoms with Crippen LogP contribution in [0.1, 0.15) is 6.92 Å². The van der Waals surface area contributed by atoms with E-state index in [1.165, 1.54) is 6.92 Å². The summed E-state index contributed by atoms with van der Waals surface area (Å²) in [6.07, 6.45) is 0. The summed E-state index contributed by atoms with van der Waals surface area (Å²) in [6.45, 7) is 1.53. The van der Waals surface area contributed by atoms with Crippen LogP contribution in [0.15, 0.2) is 35.3 Å². The van der Waals surface area contributed by atoms with Gasteiger partial charge in [-0.15, -0.1) is 0 Å². The zero-order valence-corrected chi connectivity index (χ0v) is 8.10. The first-order chi connectivity index (χ1) is 6.18. The topological polar surface area (TPSA) is 58.9 Å². The first-order valence-corrected chi connectivity index (χ1v) is 4.96. The Hall–Kier alpha value is -0.120. The Balaban J connectivity index is 0.00000169. The van der Waals surface area contributed by atoms with Gasteiger partial charge in [-0.3, -0.25) is 0 Å². The summed E-state index contributed by atoms with van der Waals surface area (Å²) in [6, 6.07) is 9.08. The van der Waals surface area contributed by atoms with Crippen molar-refractivity contribution in [1.29, 1.82) is 0 Å². The van der Waals surface area contributed by atoms with Crippen LogP contribution in [-0.4, -0.2) is 40.3 Å². The van der Waals surface area contributed by atoms with Crippen LogP contribution < -0.4 is 0 Å². The molecule has 0 aliphatic heterocycles. The van der Waals surface area contributed by atoms with Crippen molar-refractivity contribution >= 4 is 49.4 Å². The molecule has 1 rings (SSSR count). The predicted molar refractivity (Wildman–Crippen MR) is 58.7 cm³/mol. The zero-order chi connectivity index (χ0) is 9.68.